The predicted molar refractivity (Wildman–Crippen MR) is 96.4 cm³/mol. The Hall–Kier alpha value is -2.54. The van der Waals surface area contributed by atoms with E-state index in [0.717, 1.165) is 17.9 Å². The van der Waals surface area contributed by atoms with Crippen molar-refractivity contribution in [3.8, 4) is 11.1 Å². The van der Waals surface area contributed by atoms with Crippen molar-refractivity contribution in [2.75, 3.05) is 0 Å². The Morgan fingerprint density at radius 3 is 2.39 bits per heavy atom. The quantitative estimate of drug-likeness (QED) is 0.568. The number of fused-ring (bicyclic) bond motifs is 1. The average Bonchev–Trinajstić information content (AvgIpc) is 3.14. The minimum Gasteiger partial charge on any atom is -0.462 e. The summed E-state index contributed by atoms with van der Waals surface area (Å²) in [6.07, 6.45) is 3.25. The van der Waals surface area contributed by atoms with Gasteiger partial charge in [-0.15, -0.1) is 0 Å². The van der Waals surface area contributed by atoms with E-state index in [1.807, 2.05) is 13.0 Å². The van der Waals surface area contributed by atoms with Gasteiger partial charge in [-0.1, -0.05) is 36.4 Å². The highest BCUT2D eigenvalue weighted by molar-refractivity contribution is 5.94. The molecule has 114 valence electrons. The molecule has 0 saturated carbocycles. The molecule has 0 saturated heterocycles. The Bertz CT molecular complexity index is 925. The van der Waals surface area contributed by atoms with Gasteiger partial charge in [-0.3, -0.25) is 0 Å². The van der Waals surface area contributed by atoms with Crippen LogP contribution in [-0.2, 0) is 6.42 Å². The second kappa shape index (κ2) is 5.27. The van der Waals surface area contributed by atoms with Gasteiger partial charge in [0.15, 0.2) is 0 Å². The van der Waals surface area contributed by atoms with Crippen molar-refractivity contribution in [1.29, 1.82) is 0 Å². The van der Waals surface area contributed by atoms with Crippen LogP contribution in [0.1, 0.15) is 33.8 Å². The van der Waals surface area contributed by atoms with E-state index in [1.165, 1.54) is 39.0 Å². The number of benzene rings is 2. The van der Waals surface area contributed by atoms with Gasteiger partial charge < -0.3 is 4.42 Å². The van der Waals surface area contributed by atoms with E-state index in [1.54, 1.807) is 0 Å². The minimum atomic E-state index is 0.946. The molecular weight excluding hydrogens is 280 g/mol. The zero-order valence-corrected chi connectivity index (χ0v) is 13.8. The second-order valence-corrected chi connectivity index (χ2v) is 6.40. The fourth-order valence-electron chi connectivity index (χ4n) is 3.50. The van der Waals surface area contributed by atoms with Crippen molar-refractivity contribution >= 4 is 11.6 Å². The zero-order valence-electron chi connectivity index (χ0n) is 13.8. The maximum absolute atomic E-state index is 5.83. The largest absolute Gasteiger partial charge is 0.462 e. The highest BCUT2D eigenvalue weighted by Crippen LogP contribution is 2.40. The molecule has 4 rings (SSSR count). The standard InChI is InChI=1S/C22H20O/c1-14-6-4-5-7-19(14)22-15(2)8-10-17-12-18(13-20(17)22)21-11-9-16(3)23-21/h4-11,13H,12H2,1-3H3. The molecule has 1 aliphatic carbocycles. The fourth-order valence-corrected chi connectivity index (χ4v) is 3.50. The third kappa shape index (κ3) is 2.33. The summed E-state index contributed by atoms with van der Waals surface area (Å²) in [6, 6.07) is 17.2. The van der Waals surface area contributed by atoms with Crippen LogP contribution in [0.2, 0.25) is 0 Å². The van der Waals surface area contributed by atoms with Gasteiger partial charge >= 0.3 is 0 Å². The number of furan rings is 1. The molecule has 1 aliphatic rings. The van der Waals surface area contributed by atoms with E-state index in [-0.39, 0.29) is 0 Å². The summed E-state index contributed by atoms with van der Waals surface area (Å²) in [5.74, 6) is 1.96. The lowest BCUT2D eigenvalue weighted by Crippen LogP contribution is -1.93. The Morgan fingerprint density at radius 1 is 0.826 bits per heavy atom. The second-order valence-electron chi connectivity index (χ2n) is 6.40. The van der Waals surface area contributed by atoms with Crippen molar-refractivity contribution in [2.45, 2.75) is 27.2 Å². The van der Waals surface area contributed by atoms with Gasteiger partial charge in [-0.25, -0.2) is 0 Å². The Morgan fingerprint density at radius 2 is 1.65 bits per heavy atom. The molecule has 0 unspecified atom stereocenters. The predicted octanol–water partition coefficient (Wildman–Crippen LogP) is 5.97. The number of rotatable bonds is 2. The highest BCUT2D eigenvalue weighted by Gasteiger charge is 2.21. The average molecular weight is 300 g/mol. The van der Waals surface area contributed by atoms with Crippen molar-refractivity contribution in [2.24, 2.45) is 0 Å². The Labute approximate surface area is 137 Å². The summed E-state index contributed by atoms with van der Waals surface area (Å²) in [5, 5.41) is 0. The summed E-state index contributed by atoms with van der Waals surface area (Å²) < 4.78 is 5.83. The molecule has 23 heavy (non-hydrogen) atoms. The van der Waals surface area contributed by atoms with Gasteiger partial charge in [0.2, 0.25) is 0 Å². The van der Waals surface area contributed by atoms with Crippen molar-refractivity contribution < 1.29 is 4.42 Å². The van der Waals surface area contributed by atoms with Crippen molar-refractivity contribution in [3.05, 3.63) is 82.3 Å². The molecule has 1 heterocycles. The van der Waals surface area contributed by atoms with Gasteiger partial charge in [0.1, 0.15) is 11.5 Å². The van der Waals surface area contributed by atoms with E-state index in [2.05, 4.69) is 62.4 Å². The third-order valence-corrected chi connectivity index (χ3v) is 4.71. The topological polar surface area (TPSA) is 13.1 Å². The molecule has 0 N–H and O–H groups in total. The summed E-state index contributed by atoms with van der Waals surface area (Å²) >= 11 is 0. The van der Waals surface area contributed by atoms with Crippen molar-refractivity contribution in [1.82, 2.24) is 0 Å². The van der Waals surface area contributed by atoms with Crippen LogP contribution in [-0.4, -0.2) is 0 Å². The van der Waals surface area contributed by atoms with E-state index >= 15 is 0 Å². The third-order valence-electron chi connectivity index (χ3n) is 4.71. The van der Waals surface area contributed by atoms with Gasteiger partial charge in [0.25, 0.3) is 0 Å². The molecule has 0 fully saturated rings. The molecule has 0 amide bonds. The van der Waals surface area contributed by atoms with Crippen LogP contribution in [0.15, 0.2) is 52.9 Å². The molecule has 1 heteroatoms. The molecule has 0 aliphatic heterocycles. The van der Waals surface area contributed by atoms with Crippen LogP contribution in [0.4, 0.5) is 0 Å². The molecule has 2 aromatic carbocycles. The van der Waals surface area contributed by atoms with Crippen LogP contribution in [0.25, 0.3) is 22.8 Å². The summed E-state index contributed by atoms with van der Waals surface area (Å²) in [6.45, 7) is 6.38. The first kappa shape index (κ1) is 14.1. The SMILES string of the molecule is Cc1ccc(C2=Cc3c(ccc(C)c3-c3ccccc3C)C2)o1. The van der Waals surface area contributed by atoms with Crippen LogP contribution in [0, 0.1) is 20.8 Å². The van der Waals surface area contributed by atoms with Crippen LogP contribution >= 0.6 is 0 Å². The summed E-state index contributed by atoms with van der Waals surface area (Å²) in [5.41, 5.74) is 9.34. The molecule has 0 radical (unpaired) electrons. The first-order valence-corrected chi connectivity index (χ1v) is 8.09. The van der Waals surface area contributed by atoms with Gasteiger partial charge in [0, 0.05) is 6.42 Å². The van der Waals surface area contributed by atoms with Crippen LogP contribution < -0.4 is 0 Å². The number of allylic oxidation sites excluding steroid dienone is 1. The Balaban J connectivity index is 1.90. The number of aryl methyl sites for hydroxylation is 3. The molecule has 0 atom stereocenters. The highest BCUT2D eigenvalue weighted by atomic mass is 16.3. The lowest BCUT2D eigenvalue weighted by molar-refractivity contribution is 0.521. The number of hydrogen-bond donors (Lipinski definition) is 0. The molecule has 0 spiro atoms. The molecule has 1 aromatic heterocycles. The molecule has 1 nitrogen and oxygen atoms in total. The van der Waals surface area contributed by atoms with Gasteiger partial charge in [-0.05, 0) is 77.9 Å². The van der Waals surface area contributed by atoms with E-state index < -0.39 is 0 Å². The van der Waals surface area contributed by atoms with E-state index in [0.29, 0.717) is 0 Å². The minimum absolute atomic E-state index is 0.946. The van der Waals surface area contributed by atoms with Gasteiger partial charge in [-0.2, -0.15) is 0 Å². The first-order chi connectivity index (χ1) is 11.1. The van der Waals surface area contributed by atoms with Crippen LogP contribution in [0.5, 0.6) is 0 Å². The number of hydrogen-bond acceptors (Lipinski definition) is 1. The van der Waals surface area contributed by atoms with E-state index in [4.69, 9.17) is 4.42 Å². The first-order valence-electron chi connectivity index (χ1n) is 8.09. The van der Waals surface area contributed by atoms with Crippen LogP contribution in [0.3, 0.4) is 0 Å². The normalized spacial score (nSPS) is 13.1. The lowest BCUT2D eigenvalue weighted by Gasteiger charge is -2.14. The van der Waals surface area contributed by atoms with Crippen molar-refractivity contribution in [3.63, 3.8) is 0 Å². The lowest BCUT2D eigenvalue weighted by atomic mass is 9.90. The Kier molecular flexibility index (Phi) is 3.23. The van der Waals surface area contributed by atoms with Gasteiger partial charge in [0.05, 0.1) is 0 Å². The molecular formula is C22H20O. The smallest absolute Gasteiger partial charge is 0.130 e. The summed E-state index contributed by atoms with van der Waals surface area (Å²) in [7, 11) is 0. The maximum atomic E-state index is 5.83. The fraction of sp³-hybridized carbons (Fsp3) is 0.182. The maximum Gasteiger partial charge on any atom is 0.130 e. The molecule has 0 bridgehead atoms. The summed E-state index contributed by atoms with van der Waals surface area (Å²) in [4.78, 5) is 0. The molecule has 3 aromatic rings. The zero-order chi connectivity index (χ0) is 16.0. The monoisotopic (exact) mass is 300 g/mol. The van der Waals surface area contributed by atoms with E-state index in [9.17, 15) is 0 Å².